The van der Waals surface area contributed by atoms with Crippen LogP contribution in [0.3, 0.4) is 0 Å². The maximum Gasteiger partial charge on any atom is 0.287 e. The van der Waals surface area contributed by atoms with E-state index in [2.05, 4.69) is 28.9 Å². The van der Waals surface area contributed by atoms with Gasteiger partial charge in [0, 0.05) is 31.7 Å². The first-order valence-electron chi connectivity index (χ1n) is 5.99. The topological polar surface area (TPSA) is 87.6 Å². The molecule has 0 aromatic carbocycles. The summed E-state index contributed by atoms with van der Waals surface area (Å²) in [6.45, 7) is 5.90. The number of likely N-dealkylation sites (N-methyl/N-ethyl adjacent to an activating group) is 1. The van der Waals surface area contributed by atoms with Gasteiger partial charge in [-0.1, -0.05) is 5.16 Å². The average Bonchev–Trinajstić information content (AvgIpc) is 2.80. The van der Waals surface area contributed by atoms with E-state index >= 15 is 0 Å². The summed E-state index contributed by atoms with van der Waals surface area (Å²) in [6.07, 6.45) is 0. The van der Waals surface area contributed by atoms with Crippen LogP contribution in [0.25, 0.3) is 0 Å². The highest BCUT2D eigenvalue weighted by atomic mass is 16.5. The summed E-state index contributed by atoms with van der Waals surface area (Å²) in [7, 11) is 2.12. The molecule has 1 fully saturated rings. The van der Waals surface area contributed by atoms with Gasteiger partial charge in [-0.15, -0.1) is 0 Å². The van der Waals surface area contributed by atoms with Crippen LogP contribution in [0.1, 0.15) is 23.2 Å². The highest BCUT2D eigenvalue weighted by Gasteiger charge is 2.23. The number of piperazine rings is 1. The second-order valence-electron chi connectivity index (χ2n) is 4.73. The molecule has 3 N–H and O–H groups in total. The molecule has 7 nitrogen and oxygen atoms in total. The van der Waals surface area contributed by atoms with Crippen LogP contribution in [-0.2, 0) is 6.54 Å². The average molecular weight is 253 g/mol. The molecule has 18 heavy (non-hydrogen) atoms. The lowest BCUT2D eigenvalue weighted by Gasteiger charge is -2.37. The first kappa shape index (κ1) is 13.0. The van der Waals surface area contributed by atoms with Crippen molar-refractivity contribution in [2.45, 2.75) is 19.5 Å². The summed E-state index contributed by atoms with van der Waals surface area (Å²) in [5.74, 6) is 5.29. The number of nitrogen functional groups attached to an aromatic ring is 1. The van der Waals surface area contributed by atoms with Gasteiger partial charge in [0.15, 0.2) is 11.5 Å². The number of carbonyl (C=O) groups excluding carboxylic acids is 1. The van der Waals surface area contributed by atoms with Gasteiger partial charge < -0.3 is 9.42 Å². The van der Waals surface area contributed by atoms with E-state index in [9.17, 15) is 4.79 Å². The van der Waals surface area contributed by atoms with Crippen molar-refractivity contribution in [1.82, 2.24) is 20.4 Å². The van der Waals surface area contributed by atoms with E-state index < -0.39 is 5.91 Å². The highest BCUT2D eigenvalue weighted by Crippen LogP contribution is 2.13. The fraction of sp³-hybridized carbons (Fsp3) is 0.636. The van der Waals surface area contributed by atoms with E-state index in [4.69, 9.17) is 10.4 Å². The number of hydrogen-bond donors (Lipinski definition) is 2. The predicted molar refractivity (Wildman–Crippen MR) is 65.5 cm³/mol. The lowest BCUT2D eigenvalue weighted by Crippen LogP contribution is -2.49. The molecule has 1 aromatic heterocycles. The third kappa shape index (κ3) is 2.87. The smallest absolute Gasteiger partial charge is 0.287 e. The van der Waals surface area contributed by atoms with Crippen LogP contribution in [-0.4, -0.2) is 53.6 Å². The van der Waals surface area contributed by atoms with Crippen LogP contribution in [0.2, 0.25) is 0 Å². The van der Waals surface area contributed by atoms with Gasteiger partial charge >= 0.3 is 0 Å². The van der Waals surface area contributed by atoms with Gasteiger partial charge in [-0.2, -0.15) is 0 Å². The molecule has 0 saturated carbocycles. The van der Waals surface area contributed by atoms with Crippen LogP contribution >= 0.6 is 0 Å². The Morgan fingerprint density at radius 3 is 3.11 bits per heavy atom. The number of amides is 1. The van der Waals surface area contributed by atoms with Crippen LogP contribution in [0.15, 0.2) is 10.6 Å². The van der Waals surface area contributed by atoms with Gasteiger partial charge in [0.1, 0.15) is 0 Å². The Kier molecular flexibility index (Phi) is 3.95. The Bertz CT molecular complexity index is 419. The molecule has 1 aromatic rings. The van der Waals surface area contributed by atoms with E-state index in [1.54, 1.807) is 6.07 Å². The zero-order chi connectivity index (χ0) is 13.1. The van der Waals surface area contributed by atoms with E-state index in [0.717, 1.165) is 19.6 Å². The minimum Gasteiger partial charge on any atom is -0.359 e. The first-order valence-corrected chi connectivity index (χ1v) is 5.99. The summed E-state index contributed by atoms with van der Waals surface area (Å²) in [5.41, 5.74) is 2.25. The van der Waals surface area contributed by atoms with Crippen molar-refractivity contribution in [3.8, 4) is 0 Å². The molecule has 7 heteroatoms. The van der Waals surface area contributed by atoms with Gasteiger partial charge in [0.05, 0.1) is 6.54 Å². The Labute approximate surface area is 106 Å². The molecule has 0 bridgehead atoms. The quantitative estimate of drug-likeness (QED) is 0.425. The zero-order valence-electron chi connectivity index (χ0n) is 10.7. The Morgan fingerprint density at radius 2 is 2.44 bits per heavy atom. The molecule has 1 amide bonds. The molecule has 1 atom stereocenters. The molecule has 0 spiro atoms. The minimum atomic E-state index is -0.434. The van der Waals surface area contributed by atoms with Crippen molar-refractivity contribution in [3.63, 3.8) is 0 Å². The van der Waals surface area contributed by atoms with Gasteiger partial charge in [0.2, 0.25) is 0 Å². The van der Waals surface area contributed by atoms with Crippen molar-refractivity contribution < 1.29 is 9.32 Å². The number of hydrogen-bond acceptors (Lipinski definition) is 6. The maximum atomic E-state index is 11.2. The molecular formula is C11H19N5O2. The van der Waals surface area contributed by atoms with Crippen molar-refractivity contribution >= 4 is 5.91 Å². The fourth-order valence-corrected chi connectivity index (χ4v) is 2.18. The summed E-state index contributed by atoms with van der Waals surface area (Å²) in [6, 6.07) is 2.09. The van der Waals surface area contributed by atoms with Gasteiger partial charge in [-0.3, -0.25) is 15.1 Å². The van der Waals surface area contributed by atoms with E-state index in [1.807, 2.05) is 5.43 Å². The maximum absolute atomic E-state index is 11.2. The third-order valence-electron chi connectivity index (χ3n) is 3.25. The molecule has 1 unspecified atom stereocenters. The van der Waals surface area contributed by atoms with Crippen LogP contribution in [0, 0.1) is 0 Å². The number of nitrogens with zero attached hydrogens (tertiary/aromatic N) is 3. The highest BCUT2D eigenvalue weighted by molar-refractivity contribution is 5.91. The monoisotopic (exact) mass is 253 g/mol. The van der Waals surface area contributed by atoms with Crippen molar-refractivity contribution in [2.75, 3.05) is 26.7 Å². The Morgan fingerprint density at radius 1 is 1.67 bits per heavy atom. The van der Waals surface area contributed by atoms with Crippen molar-refractivity contribution in [2.24, 2.45) is 5.84 Å². The number of nitrogens with one attached hydrogen (secondary N) is 1. The molecule has 2 heterocycles. The normalized spacial score (nSPS) is 22.1. The first-order chi connectivity index (χ1) is 8.60. The van der Waals surface area contributed by atoms with Crippen LogP contribution in [0.4, 0.5) is 0 Å². The minimum absolute atomic E-state index is 0.217. The largest absolute Gasteiger partial charge is 0.359 e. The number of aromatic nitrogens is 1. The summed E-state index contributed by atoms with van der Waals surface area (Å²) < 4.78 is 5.14. The number of hydrazine groups is 1. The standard InChI is InChI=1S/C11H19N5O2/c1-8-6-15(2)3-4-16(8)7-9-5-10(14-18-9)11(17)13-12/h5,8H,3-4,6-7,12H2,1-2H3,(H,13,17). The summed E-state index contributed by atoms with van der Waals surface area (Å²) in [4.78, 5) is 15.9. The van der Waals surface area contributed by atoms with Gasteiger partial charge in [-0.05, 0) is 14.0 Å². The SMILES string of the molecule is CC1CN(C)CCN1Cc1cc(C(=O)NN)no1. The van der Waals surface area contributed by atoms with E-state index in [-0.39, 0.29) is 5.69 Å². The van der Waals surface area contributed by atoms with E-state index in [0.29, 0.717) is 18.3 Å². The third-order valence-corrected chi connectivity index (χ3v) is 3.25. The molecule has 1 saturated heterocycles. The second-order valence-corrected chi connectivity index (χ2v) is 4.73. The lowest BCUT2D eigenvalue weighted by molar-refractivity contribution is 0.0852. The molecule has 0 aliphatic carbocycles. The van der Waals surface area contributed by atoms with Gasteiger partial charge in [-0.25, -0.2) is 5.84 Å². The lowest BCUT2D eigenvalue weighted by atomic mass is 10.2. The molecule has 100 valence electrons. The Hall–Kier alpha value is -1.44. The second kappa shape index (κ2) is 5.47. The fourth-order valence-electron chi connectivity index (χ4n) is 2.18. The van der Waals surface area contributed by atoms with Crippen LogP contribution < -0.4 is 11.3 Å². The zero-order valence-corrected chi connectivity index (χ0v) is 10.7. The molecular weight excluding hydrogens is 234 g/mol. The van der Waals surface area contributed by atoms with Gasteiger partial charge in [0.25, 0.3) is 5.91 Å². The molecule has 0 radical (unpaired) electrons. The van der Waals surface area contributed by atoms with E-state index in [1.165, 1.54) is 0 Å². The molecule has 1 aliphatic heterocycles. The summed E-state index contributed by atoms with van der Waals surface area (Å²) >= 11 is 0. The van der Waals surface area contributed by atoms with Crippen molar-refractivity contribution in [3.05, 3.63) is 17.5 Å². The van der Waals surface area contributed by atoms with Crippen LogP contribution in [0.5, 0.6) is 0 Å². The summed E-state index contributed by atoms with van der Waals surface area (Å²) in [5, 5.41) is 3.69. The molecule has 2 rings (SSSR count). The molecule has 1 aliphatic rings. The van der Waals surface area contributed by atoms with Crippen molar-refractivity contribution in [1.29, 1.82) is 0 Å². The Balaban J connectivity index is 1.97. The number of rotatable bonds is 3. The number of nitrogens with two attached hydrogens (primary N) is 1. The number of carbonyl (C=O) groups is 1. The predicted octanol–water partition coefficient (Wildman–Crippen LogP) is -0.586.